The van der Waals surface area contributed by atoms with Gasteiger partial charge < -0.3 is 19.8 Å². The van der Waals surface area contributed by atoms with Crippen LogP contribution in [-0.2, 0) is 20.0 Å². The van der Waals surface area contributed by atoms with Crippen molar-refractivity contribution in [2.45, 2.75) is 32.2 Å². The molecule has 32 heavy (non-hydrogen) atoms. The quantitative estimate of drug-likeness (QED) is 0.530. The van der Waals surface area contributed by atoms with E-state index in [1.54, 1.807) is 17.9 Å². The number of H-pyrrole nitrogens is 1. The third-order valence-electron chi connectivity index (χ3n) is 5.92. The molecule has 1 aromatic carbocycles. The lowest BCUT2D eigenvalue weighted by atomic mass is 9.99. The molecule has 1 saturated heterocycles. The van der Waals surface area contributed by atoms with E-state index in [2.05, 4.69) is 4.98 Å². The van der Waals surface area contributed by atoms with E-state index in [9.17, 15) is 28.6 Å². The summed E-state index contributed by atoms with van der Waals surface area (Å²) >= 11 is 0. The number of carbonyl (C=O) groups is 1. The van der Waals surface area contributed by atoms with E-state index in [4.69, 9.17) is 0 Å². The van der Waals surface area contributed by atoms with Crippen molar-refractivity contribution in [3.05, 3.63) is 51.4 Å². The van der Waals surface area contributed by atoms with E-state index in [0.717, 1.165) is 16.6 Å². The lowest BCUT2D eigenvalue weighted by Gasteiger charge is -2.16. The molecular formula is C22H24ClF2N3O4. The standard InChI is InChI=1S/C22H23F2N3O4.ClH/c1-3-15-18(25-20(29)17(19(15)28)21(30)31)12-4-5-16-13(8-12)9-14(26(16)2)10-27-7-6-22(23,24)11-27;/h4-5,8-9H,3,6-7,10-11H2,1-2H3,(H,30,31)(H2,25,28,29);1H. The second-order valence-corrected chi connectivity index (χ2v) is 7.97. The van der Waals surface area contributed by atoms with E-state index >= 15 is 0 Å². The number of halogens is 3. The number of alkyl halides is 2. The van der Waals surface area contributed by atoms with Gasteiger partial charge in [0.05, 0.1) is 12.2 Å². The molecule has 2 aromatic heterocycles. The number of fused-ring (bicyclic) bond motifs is 1. The maximum Gasteiger partial charge on any atom is 0.345 e. The van der Waals surface area contributed by atoms with Gasteiger partial charge >= 0.3 is 5.97 Å². The van der Waals surface area contributed by atoms with Crippen molar-refractivity contribution in [1.82, 2.24) is 14.5 Å². The van der Waals surface area contributed by atoms with Gasteiger partial charge in [-0.15, -0.1) is 12.4 Å². The minimum atomic E-state index is -2.65. The summed E-state index contributed by atoms with van der Waals surface area (Å²) in [6.07, 6.45) is 0.184. The number of likely N-dealkylation sites (tertiary alicyclic amines) is 1. The molecule has 0 spiro atoms. The topological polar surface area (TPSA) is 98.6 Å². The number of benzene rings is 1. The highest BCUT2D eigenvalue weighted by Gasteiger charge is 2.38. The molecule has 172 valence electrons. The molecule has 4 rings (SSSR count). The normalized spacial score (nSPS) is 15.8. The summed E-state index contributed by atoms with van der Waals surface area (Å²) in [6, 6.07) is 7.39. The SMILES string of the molecule is CCc1c(-c2ccc3c(c2)cc(CN2CCC(F)(F)C2)n3C)[nH]c(=O)c(C(=O)O)c1O.Cl. The van der Waals surface area contributed by atoms with Gasteiger partial charge in [-0.05, 0) is 30.2 Å². The Labute approximate surface area is 188 Å². The molecular weight excluding hydrogens is 444 g/mol. The zero-order chi connectivity index (χ0) is 22.5. The zero-order valence-electron chi connectivity index (χ0n) is 17.6. The minimum Gasteiger partial charge on any atom is -0.506 e. The Hall–Kier alpha value is -2.91. The summed E-state index contributed by atoms with van der Waals surface area (Å²) < 4.78 is 29.0. The largest absolute Gasteiger partial charge is 0.506 e. The van der Waals surface area contributed by atoms with Crippen molar-refractivity contribution in [3.63, 3.8) is 0 Å². The second-order valence-electron chi connectivity index (χ2n) is 7.97. The lowest BCUT2D eigenvalue weighted by molar-refractivity contribution is 0.0113. The Kier molecular flexibility index (Phi) is 6.35. The van der Waals surface area contributed by atoms with E-state index in [1.165, 1.54) is 0 Å². The van der Waals surface area contributed by atoms with Crippen molar-refractivity contribution in [2.75, 3.05) is 13.1 Å². The van der Waals surface area contributed by atoms with Crippen molar-refractivity contribution in [1.29, 1.82) is 0 Å². The van der Waals surface area contributed by atoms with Gasteiger partial charge in [0.15, 0.2) is 5.56 Å². The maximum absolute atomic E-state index is 13.5. The fraction of sp³-hybridized carbons (Fsp3) is 0.364. The van der Waals surface area contributed by atoms with Crippen LogP contribution in [0.15, 0.2) is 29.1 Å². The van der Waals surface area contributed by atoms with Crippen LogP contribution in [-0.4, -0.2) is 49.6 Å². The Morgan fingerprint density at radius 1 is 1.28 bits per heavy atom. The molecule has 0 aliphatic carbocycles. The van der Waals surface area contributed by atoms with Gasteiger partial charge in [-0.2, -0.15) is 0 Å². The fourth-order valence-electron chi connectivity index (χ4n) is 4.30. The third-order valence-corrected chi connectivity index (χ3v) is 5.92. The molecule has 7 nitrogen and oxygen atoms in total. The van der Waals surface area contributed by atoms with Gasteiger partial charge in [0.1, 0.15) is 5.75 Å². The highest BCUT2D eigenvalue weighted by Crippen LogP contribution is 2.33. The first kappa shape index (κ1) is 23.7. The Bertz CT molecular complexity index is 1250. The van der Waals surface area contributed by atoms with Crippen LogP contribution in [0, 0.1) is 0 Å². The van der Waals surface area contributed by atoms with Crippen molar-refractivity contribution < 1.29 is 23.8 Å². The van der Waals surface area contributed by atoms with Crippen LogP contribution in [0.2, 0.25) is 0 Å². The van der Waals surface area contributed by atoms with Gasteiger partial charge in [0.25, 0.3) is 11.5 Å². The summed E-state index contributed by atoms with van der Waals surface area (Å²) in [5.74, 6) is -4.67. The average molecular weight is 468 g/mol. The number of nitrogens with zero attached hydrogens (tertiary/aromatic N) is 2. The monoisotopic (exact) mass is 467 g/mol. The highest BCUT2D eigenvalue weighted by atomic mass is 35.5. The van der Waals surface area contributed by atoms with Gasteiger partial charge in [-0.3, -0.25) is 9.69 Å². The molecule has 0 amide bonds. The maximum atomic E-state index is 13.5. The molecule has 3 aromatic rings. The number of carboxylic acid groups (broad SMARTS) is 1. The second kappa shape index (κ2) is 8.55. The van der Waals surface area contributed by atoms with Crippen molar-refractivity contribution in [2.24, 2.45) is 7.05 Å². The number of aryl methyl sites for hydroxylation is 1. The summed E-state index contributed by atoms with van der Waals surface area (Å²) in [5.41, 5.74) is 1.56. The van der Waals surface area contributed by atoms with E-state index in [0.29, 0.717) is 36.3 Å². The van der Waals surface area contributed by atoms with E-state index < -0.39 is 28.8 Å². The number of nitrogens with one attached hydrogen (secondary N) is 1. The Balaban J connectivity index is 0.00000289. The van der Waals surface area contributed by atoms with Crippen LogP contribution in [0.5, 0.6) is 5.75 Å². The van der Waals surface area contributed by atoms with Crippen molar-refractivity contribution in [3.8, 4) is 17.0 Å². The zero-order valence-corrected chi connectivity index (χ0v) is 18.4. The number of pyridine rings is 1. The predicted molar refractivity (Wildman–Crippen MR) is 119 cm³/mol. The number of aromatic nitrogens is 2. The molecule has 0 bridgehead atoms. The molecule has 0 atom stereocenters. The van der Waals surface area contributed by atoms with Crippen molar-refractivity contribution >= 4 is 29.3 Å². The van der Waals surface area contributed by atoms with Gasteiger partial charge in [-0.1, -0.05) is 13.0 Å². The number of aromatic hydroxyl groups is 1. The molecule has 1 fully saturated rings. The molecule has 1 aliphatic heterocycles. The number of hydrogen-bond acceptors (Lipinski definition) is 4. The molecule has 3 heterocycles. The fourth-order valence-corrected chi connectivity index (χ4v) is 4.30. The van der Waals surface area contributed by atoms with Crippen LogP contribution in [0.3, 0.4) is 0 Å². The molecule has 0 unspecified atom stereocenters. The highest BCUT2D eigenvalue weighted by molar-refractivity contribution is 5.92. The number of aromatic amines is 1. The predicted octanol–water partition coefficient (Wildman–Crippen LogP) is 3.76. The number of carboxylic acids is 1. The minimum absolute atomic E-state index is 0. The van der Waals surface area contributed by atoms with Gasteiger partial charge in [0, 0.05) is 48.7 Å². The summed E-state index contributed by atoms with van der Waals surface area (Å²) in [4.78, 5) is 27.9. The average Bonchev–Trinajstić information content (AvgIpc) is 3.19. The van der Waals surface area contributed by atoms with E-state index in [1.807, 2.05) is 29.8 Å². The van der Waals surface area contributed by atoms with Crippen LogP contribution in [0.4, 0.5) is 8.78 Å². The first-order valence-corrected chi connectivity index (χ1v) is 10.0. The van der Waals surface area contributed by atoms with Gasteiger partial charge in [-0.25, -0.2) is 13.6 Å². The Morgan fingerprint density at radius 3 is 2.59 bits per heavy atom. The first-order chi connectivity index (χ1) is 14.6. The molecule has 1 aliphatic rings. The summed E-state index contributed by atoms with van der Waals surface area (Å²) in [5, 5.41) is 20.4. The number of aromatic carboxylic acids is 1. The molecule has 0 radical (unpaired) electrons. The molecule has 10 heteroatoms. The lowest BCUT2D eigenvalue weighted by Crippen LogP contribution is -2.25. The third kappa shape index (κ3) is 4.10. The van der Waals surface area contributed by atoms with Crippen LogP contribution in [0.25, 0.3) is 22.2 Å². The number of hydrogen-bond donors (Lipinski definition) is 3. The summed E-state index contributed by atoms with van der Waals surface area (Å²) in [6.45, 7) is 2.25. The molecule has 0 saturated carbocycles. The number of rotatable bonds is 5. The van der Waals surface area contributed by atoms with Crippen LogP contribution < -0.4 is 5.56 Å². The first-order valence-electron chi connectivity index (χ1n) is 10.0. The van der Waals surface area contributed by atoms with Crippen LogP contribution >= 0.6 is 12.4 Å². The van der Waals surface area contributed by atoms with Gasteiger partial charge in [0.2, 0.25) is 0 Å². The Morgan fingerprint density at radius 2 is 2.00 bits per heavy atom. The van der Waals surface area contributed by atoms with Crippen LogP contribution in [0.1, 0.15) is 35.0 Å². The smallest absolute Gasteiger partial charge is 0.345 e. The molecule has 3 N–H and O–H groups in total. The summed E-state index contributed by atoms with van der Waals surface area (Å²) in [7, 11) is 1.87. The van der Waals surface area contributed by atoms with E-state index in [-0.39, 0.29) is 25.4 Å².